The molecule has 1 fully saturated rings. The molecule has 0 saturated carbocycles. The Bertz CT molecular complexity index is 556. The summed E-state index contributed by atoms with van der Waals surface area (Å²) in [5.74, 6) is 1.00. The molecule has 1 heterocycles. The summed E-state index contributed by atoms with van der Waals surface area (Å²) in [6.45, 7) is 21.8. The smallest absolute Gasteiger partial charge is 0.217 e. The number of ketones is 1. The summed E-state index contributed by atoms with van der Waals surface area (Å²) in [6.07, 6.45) is 0. The normalized spacial score (nSPS) is 28.1. The molecule has 27 heavy (non-hydrogen) atoms. The first-order valence-corrected chi connectivity index (χ1v) is 13.1. The van der Waals surface area contributed by atoms with E-state index in [1.54, 1.807) is 7.11 Å². The number of methoxy groups -OCH3 is 1. The molecule has 0 aromatic rings. The number of carbonyl (C=O) groups excluding carboxylic acids is 1. The summed E-state index contributed by atoms with van der Waals surface area (Å²) in [7, 11) is 0.00757. The van der Waals surface area contributed by atoms with Gasteiger partial charge < -0.3 is 9.47 Å². The third kappa shape index (κ3) is 3.55. The van der Waals surface area contributed by atoms with E-state index in [2.05, 4.69) is 60.3 Å². The van der Waals surface area contributed by atoms with Gasteiger partial charge in [0.25, 0.3) is 0 Å². The van der Waals surface area contributed by atoms with Crippen LogP contribution in [0, 0.1) is 5.92 Å². The first-order chi connectivity index (χ1) is 12.5. The van der Waals surface area contributed by atoms with Crippen LogP contribution in [-0.4, -0.2) is 57.7 Å². The SMILES string of the molecule is COC1=C(C[Si](C(C)C)(C(C)C)C(C)C)[C@@H](C)[C@](C)(N2CCOCC2)C1=O. The van der Waals surface area contributed by atoms with Gasteiger partial charge >= 0.3 is 0 Å². The van der Waals surface area contributed by atoms with Crippen LogP contribution in [0.4, 0.5) is 0 Å². The molecule has 4 nitrogen and oxygen atoms in total. The zero-order valence-electron chi connectivity index (χ0n) is 19.0. The second kappa shape index (κ2) is 8.38. The van der Waals surface area contributed by atoms with Gasteiger partial charge in [-0.15, -0.1) is 0 Å². The van der Waals surface area contributed by atoms with Gasteiger partial charge in [-0.2, -0.15) is 0 Å². The van der Waals surface area contributed by atoms with Crippen molar-refractivity contribution in [2.45, 2.75) is 83.6 Å². The summed E-state index contributed by atoms with van der Waals surface area (Å²) in [6, 6.07) is 1.07. The Kier molecular flexibility index (Phi) is 7.02. The van der Waals surface area contributed by atoms with Crippen LogP contribution in [0.3, 0.4) is 0 Å². The minimum atomic E-state index is -1.67. The molecule has 0 amide bonds. The van der Waals surface area contributed by atoms with Crippen LogP contribution >= 0.6 is 0 Å². The van der Waals surface area contributed by atoms with Gasteiger partial charge in [-0.05, 0) is 18.5 Å². The topological polar surface area (TPSA) is 38.8 Å². The van der Waals surface area contributed by atoms with Gasteiger partial charge in [0.2, 0.25) is 5.78 Å². The lowest BCUT2D eigenvalue weighted by molar-refractivity contribution is -0.133. The fourth-order valence-corrected chi connectivity index (χ4v) is 12.3. The van der Waals surface area contributed by atoms with Crippen molar-refractivity contribution in [1.29, 1.82) is 0 Å². The molecular formula is C22H41NO3Si. The number of nitrogens with zero attached hydrogens (tertiary/aromatic N) is 1. The van der Waals surface area contributed by atoms with Crippen LogP contribution in [0.2, 0.25) is 22.7 Å². The highest BCUT2D eigenvalue weighted by atomic mass is 28.3. The Morgan fingerprint density at radius 2 is 1.59 bits per heavy atom. The first kappa shape index (κ1) is 22.6. The molecule has 1 saturated heterocycles. The molecule has 0 radical (unpaired) electrons. The molecule has 1 aliphatic carbocycles. The quantitative estimate of drug-likeness (QED) is 0.576. The van der Waals surface area contributed by atoms with Crippen LogP contribution in [0.15, 0.2) is 11.3 Å². The first-order valence-electron chi connectivity index (χ1n) is 10.7. The molecule has 2 atom stereocenters. The summed E-state index contributed by atoms with van der Waals surface area (Å²) in [5, 5.41) is 0. The van der Waals surface area contributed by atoms with Gasteiger partial charge in [0.1, 0.15) is 0 Å². The summed E-state index contributed by atoms with van der Waals surface area (Å²) in [5.41, 5.74) is 2.77. The van der Waals surface area contributed by atoms with Crippen molar-refractivity contribution in [3.63, 3.8) is 0 Å². The largest absolute Gasteiger partial charge is 0.493 e. The molecule has 5 heteroatoms. The van der Waals surface area contributed by atoms with E-state index in [0.717, 1.165) is 19.1 Å². The number of hydrogen-bond donors (Lipinski definition) is 0. The van der Waals surface area contributed by atoms with Crippen LogP contribution in [0.5, 0.6) is 0 Å². The lowest BCUT2D eigenvalue weighted by atomic mass is 9.84. The summed E-state index contributed by atoms with van der Waals surface area (Å²) >= 11 is 0. The van der Waals surface area contributed by atoms with Crippen LogP contribution in [-0.2, 0) is 14.3 Å². The highest BCUT2D eigenvalue weighted by Crippen LogP contribution is 2.52. The Labute approximate surface area is 167 Å². The molecule has 1 aliphatic heterocycles. The van der Waals surface area contributed by atoms with Crippen molar-refractivity contribution in [3.8, 4) is 0 Å². The van der Waals surface area contributed by atoms with Gasteiger partial charge in [0.05, 0.1) is 33.9 Å². The Balaban J connectivity index is 2.47. The molecular weight excluding hydrogens is 354 g/mol. The number of carbonyl (C=O) groups is 1. The maximum Gasteiger partial charge on any atom is 0.217 e. The van der Waals surface area contributed by atoms with Gasteiger partial charge in [-0.25, -0.2) is 0 Å². The van der Waals surface area contributed by atoms with Gasteiger partial charge in [-0.1, -0.05) is 65.1 Å². The van der Waals surface area contributed by atoms with E-state index in [0.29, 0.717) is 35.6 Å². The van der Waals surface area contributed by atoms with Crippen LogP contribution in [0.25, 0.3) is 0 Å². The predicted octanol–water partition coefficient (Wildman–Crippen LogP) is 4.88. The zero-order valence-corrected chi connectivity index (χ0v) is 20.0. The third-order valence-electron chi connectivity index (χ3n) is 7.92. The standard InChI is InChI=1S/C22H41NO3Si/c1-15(2)27(16(3)4,17(5)6)14-19-18(7)22(8,21(24)20(19)25-9)23-10-12-26-13-11-23/h15-18H,10-14H2,1-9H3/t18-,22+/m1/s1. The van der Waals surface area contributed by atoms with Crippen molar-refractivity contribution < 1.29 is 14.3 Å². The molecule has 2 rings (SSSR count). The lowest BCUT2D eigenvalue weighted by Crippen LogP contribution is -2.58. The van der Waals surface area contributed by atoms with E-state index in [9.17, 15) is 4.79 Å². The highest BCUT2D eigenvalue weighted by molar-refractivity contribution is 6.84. The van der Waals surface area contributed by atoms with Crippen molar-refractivity contribution >= 4 is 13.9 Å². The van der Waals surface area contributed by atoms with Gasteiger partial charge in [0, 0.05) is 19.0 Å². The molecule has 0 aromatic heterocycles. The average Bonchev–Trinajstić information content (AvgIpc) is 2.80. The van der Waals surface area contributed by atoms with E-state index >= 15 is 0 Å². The van der Waals surface area contributed by atoms with Gasteiger partial charge in [0.15, 0.2) is 5.76 Å². The molecule has 0 bridgehead atoms. The fraction of sp³-hybridized carbons (Fsp3) is 0.864. The maximum absolute atomic E-state index is 13.5. The third-order valence-corrected chi connectivity index (χ3v) is 15.4. The zero-order chi connectivity index (χ0) is 20.6. The highest BCUT2D eigenvalue weighted by Gasteiger charge is 2.56. The lowest BCUT2D eigenvalue weighted by Gasteiger charge is -2.46. The summed E-state index contributed by atoms with van der Waals surface area (Å²) in [4.78, 5) is 15.9. The van der Waals surface area contributed by atoms with E-state index in [1.807, 2.05) is 0 Å². The predicted molar refractivity (Wildman–Crippen MR) is 115 cm³/mol. The van der Waals surface area contributed by atoms with Gasteiger partial charge in [-0.3, -0.25) is 9.69 Å². The van der Waals surface area contributed by atoms with E-state index in [4.69, 9.17) is 9.47 Å². The second-order valence-electron chi connectivity index (χ2n) is 9.61. The fourth-order valence-electron chi connectivity index (χ4n) is 5.95. The Morgan fingerprint density at radius 1 is 1.11 bits per heavy atom. The number of ether oxygens (including phenoxy) is 2. The minimum absolute atomic E-state index is 0.175. The average molecular weight is 396 g/mol. The Morgan fingerprint density at radius 3 is 2.00 bits per heavy atom. The van der Waals surface area contributed by atoms with Crippen molar-refractivity contribution in [1.82, 2.24) is 4.90 Å². The van der Waals surface area contributed by atoms with Crippen molar-refractivity contribution in [3.05, 3.63) is 11.3 Å². The van der Waals surface area contributed by atoms with Crippen molar-refractivity contribution in [2.24, 2.45) is 5.92 Å². The van der Waals surface area contributed by atoms with Crippen molar-refractivity contribution in [2.75, 3.05) is 33.4 Å². The molecule has 2 aliphatic rings. The number of Topliss-reactive ketones (excluding diaryl/α,β-unsaturated/α-hetero) is 1. The second-order valence-corrected chi connectivity index (χ2v) is 15.7. The van der Waals surface area contributed by atoms with E-state index in [1.165, 1.54) is 5.57 Å². The Hall–Kier alpha value is -0.653. The number of hydrogen-bond acceptors (Lipinski definition) is 4. The minimum Gasteiger partial charge on any atom is -0.493 e. The number of morpholine rings is 1. The van der Waals surface area contributed by atoms with E-state index in [-0.39, 0.29) is 11.7 Å². The molecule has 0 unspecified atom stereocenters. The monoisotopic (exact) mass is 395 g/mol. The summed E-state index contributed by atoms with van der Waals surface area (Å²) < 4.78 is 11.3. The number of rotatable bonds is 7. The molecule has 0 aromatic carbocycles. The molecule has 156 valence electrons. The van der Waals surface area contributed by atoms with Crippen LogP contribution in [0.1, 0.15) is 55.4 Å². The molecule has 0 spiro atoms. The van der Waals surface area contributed by atoms with E-state index < -0.39 is 13.6 Å². The molecule has 0 N–H and O–H groups in total. The van der Waals surface area contributed by atoms with Crippen LogP contribution < -0.4 is 0 Å². The maximum atomic E-state index is 13.5.